The van der Waals surface area contributed by atoms with Crippen LogP contribution in [0.3, 0.4) is 0 Å². The number of thiocarbonyl (C=S) groups is 1. The Morgan fingerprint density at radius 2 is 2.00 bits per heavy atom. The molecule has 0 radical (unpaired) electrons. The summed E-state index contributed by atoms with van der Waals surface area (Å²) >= 11 is 6.54. The van der Waals surface area contributed by atoms with Gasteiger partial charge in [0.05, 0.1) is 11.5 Å². The lowest BCUT2D eigenvalue weighted by Crippen LogP contribution is -2.29. The third-order valence-electron chi connectivity index (χ3n) is 3.61. The smallest absolute Gasteiger partial charge is 0.305 e. The lowest BCUT2D eigenvalue weighted by Gasteiger charge is -2.13. The maximum Gasteiger partial charge on any atom is 0.305 e. The van der Waals surface area contributed by atoms with Crippen molar-refractivity contribution in [3.8, 4) is 0 Å². The van der Waals surface area contributed by atoms with Crippen molar-refractivity contribution in [3.63, 3.8) is 0 Å². The molecule has 0 saturated carbocycles. The summed E-state index contributed by atoms with van der Waals surface area (Å²) in [6, 6.07) is 5.96. The van der Waals surface area contributed by atoms with E-state index in [-0.39, 0.29) is 17.7 Å². The first-order valence-electron chi connectivity index (χ1n) is 8.18. The van der Waals surface area contributed by atoms with Crippen LogP contribution >= 0.6 is 24.0 Å². The first-order chi connectivity index (χ1) is 12.0. The zero-order valence-corrected chi connectivity index (χ0v) is 15.6. The molecule has 0 aromatic heterocycles. The molecule has 4 nitrogen and oxygen atoms in total. The number of ether oxygens (including phenoxy) is 1. The summed E-state index contributed by atoms with van der Waals surface area (Å²) < 4.78 is 18.4. The molecule has 0 N–H and O–H groups in total. The zero-order chi connectivity index (χ0) is 18.2. The van der Waals surface area contributed by atoms with E-state index < -0.39 is 0 Å². The van der Waals surface area contributed by atoms with Crippen LogP contribution in [0.2, 0.25) is 0 Å². The van der Waals surface area contributed by atoms with E-state index in [0.717, 1.165) is 24.8 Å². The molecule has 0 aliphatic carbocycles. The molecule has 134 valence electrons. The van der Waals surface area contributed by atoms with Gasteiger partial charge in [-0.25, -0.2) is 4.39 Å². The Hall–Kier alpha value is -1.73. The maximum absolute atomic E-state index is 12.9. The van der Waals surface area contributed by atoms with Crippen LogP contribution in [0.15, 0.2) is 29.2 Å². The largest absolute Gasteiger partial charge is 0.466 e. The zero-order valence-electron chi connectivity index (χ0n) is 14.0. The van der Waals surface area contributed by atoms with E-state index >= 15 is 0 Å². The standard InChI is InChI=1S/C18H20FNO3S2/c1-2-23-16(21)6-4-3-5-11-20-17(22)15(25-18(20)24)12-13-7-9-14(19)10-8-13/h7-10,12H,2-6,11H2,1H3/b15-12+. The summed E-state index contributed by atoms with van der Waals surface area (Å²) in [4.78, 5) is 25.8. The van der Waals surface area contributed by atoms with E-state index in [9.17, 15) is 14.0 Å². The average molecular weight is 381 g/mol. The molecule has 2 rings (SSSR count). The van der Waals surface area contributed by atoms with Gasteiger partial charge in [-0.05, 0) is 43.5 Å². The molecule has 1 heterocycles. The van der Waals surface area contributed by atoms with Crippen LogP contribution in [0.4, 0.5) is 4.39 Å². The molecule has 0 bridgehead atoms. The van der Waals surface area contributed by atoms with Gasteiger partial charge in [-0.3, -0.25) is 14.5 Å². The highest BCUT2D eigenvalue weighted by Crippen LogP contribution is 2.32. The molecule has 0 atom stereocenters. The monoisotopic (exact) mass is 381 g/mol. The quantitative estimate of drug-likeness (QED) is 0.293. The fraction of sp³-hybridized carbons (Fsp3) is 0.389. The van der Waals surface area contributed by atoms with E-state index in [1.807, 2.05) is 0 Å². The van der Waals surface area contributed by atoms with Gasteiger partial charge in [0.2, 0.25) is 0 Å². The van der Waals surface area contributed by atoms with Gasteiger partial charge in [0.25, 0.3) is 5.91 Å². The minimum Gasteiger partial charge on any atom is -0.466 e. The number of unbranched alkanes of at least 4 members (excludes halogenated alkanes) is 2. The summed E-state index contributed by atoms with van der Waals surface area (Å²) in [6.45, 7) is 2.72. The molecule has 1 aromatic carbocycles. The van der Waals surface area contributed by atoms with Gasteiger partial charge in [0.15, 0.2) is 0 Å². The molecular formula is C18H20FNO3S2. The molecule has 1 amide bonds. The Morgan fingerprint density at radius 1 is 1.28 bits per heavy atom. The number of esters is 1. The fourth-order valence-corrected chi connectivity index (χ4v) is 3.66. The first-order valence-corrected chi connectivity index (χ1v) is 9.40. The Morgan fingerprint density at radius 3 is 2.68 bits per heavy atom. The molecular weight excluding hydrogens is 361 g/mol. The van der Waals surface area contributed by atoms with E-state index in [2.05, 4.69) is 0 Å². The van der Waals surface area contributed by atoms with Crippen LogP contribution in [0.25, 0.3) is 6.08 Å². The second-order valence-corrected chi connectivity index (χ2v) is 7.18. The van der Waals surface area contributed by atoms with Gasteiger partial charge in [-0.1, -0.05) is 42.5 Å². The highest BCUT2D eigenvalue weighted by molar-refractivity contribution is 8.26. The Labute approximate surface area is 156 Å². The minimum absolute atomic E-state index is 0.121. The third-order valence-corrected chi connectivity index (χ3v) is 4.99. The molecule has 1 fully saturated rings. The van der Waals surface area contributed by atoms with Crippen molar-refractivity contribution < 1.29 is 18.7 Å². The van der Waals surface area contributed by atoms with E-state index in [4.69, 9.17) is 17.0 Å². The Balaban J connectivity index is 1.82. The number of rotatable bonds is 8. The average Bonchev–Trinajstić information content (AvgIpc) is 2.84. The maximum atomic E-state index is 12.9. The molecule has 1 aromatic rings. The SMILES string of the molecule is CCOC(=O)CCCCCN1C(=O)/C(=C\c2ccc(F)cc2)SC1=S. The van der Waals surface area contributed by atoms with Crippen molar-refractivity contribution >= 4 is 46.3 Å². The topological polar surface area (TPSA) is 46.6 Å². The van der Waals surface area contributed by atoms with Crippen LogP contribution in [0.1, 0.15) is 38.2 Å². The van der Waals surface area contributed by atoms with E-state index in [1.165, 1.54) is 23.9 Å². The number of benzene rings is 1. The number of nitrogens with zero attached hydrogens (tertiary/aromatic N) is 1. The number of amides is 1. The van der Waals surface area contributed by atoms with E-state index in [0.29, 0.717) is 28.8 Å². The second-order valence-electron chi connectivity index (χ2n) is 5.50. The van der Waals surface area contributed by atoms with Crippen molar-refractivity contribution in [1.29, 1.82) is 0 Å². The number of hydrogen-bond donors (Lipinski definition) is 0. The van der Waals surface area contributed by atoms with Crippen molar-refractivity contribution in [2.45, 2.75) is 32.6 Å². The van der Waals surface area contributed by atoms with Crippen molar-refractivity contribution in [2.75, 3.05) is 13.2 Å². The summed E-state index contributed by atoms with van der Waals surface area (Å²) in [7, 11) is 0. The number of halogens is 1. The lowest BCUT2D eigenvalue weighted by molar-refractivity contribution is -0.143. The van der Waals surface area contributed by atoms with Gasteiger partial charge in [-0.15, -0.1) is 0 Å². The van der Waals surface area contributed by atoms with Gasteiger partial charge in [0, 0.05) is 13.0 Å². The molecule has 0 spiro atoms. The highest BCUT2D eigenvalue weighted by atomic mass is 32.2. The summed E-state index contributed by atoms with van der Waals surface area (Å²) in [5.74, 6) is -0.618. The van der Waals surface area contributed by atoms with Crippen molar-refractivity contribution in [1.82, 2.24) is 4.90 Å². The number of carbonyl (C=O) groups is 2. The highest BCUT2D eigenvalue weighted by Gasteiger charge is 2.31. The van der Waals surface area contributed by atoms with Crippen LogP contribution in [0.5, 0.6) is 0 Å². The fourth-order valence-electron chi connectivity index (χ4n) is 2.35. The second kappa shape index (κ2) is 9.68. The molecule has 25 heavy (non-hydrogen) atoms. The third kappa shape index (κ3) is 5.93. The number of hydrogen-bond acceptors (Lipinski definition) is 5. The summed E-state index contributed by atoms with van der Waals surface area (Å²) in [5, 5.41) is 0. The van der Waals surface area contributed by atoms with E-state index in [1.54, 1.807) is 30.0 Å². The van der Waals surface area contributed by atoms with Crippen molar-refractivity contribution in [3.05, 3.63) is 40.6 Å². The lowest BCUT2D eigenvalue weighted by atomic mass is 10.2. The van der Waals surface area contributed by atoms with Gasteiger partial charge >= 0.3 is 5.97 Å². The predicted molar refractivity (Wildman–Crippen MR) is 101 cm³/mol. The molecule has 7 heteroatoms. The Bertz CT molecular complexity index is 673. The number of carbonyl (C=O) groups excluding carboxylic acids is 2. The number of thioether (sulfide) groups is 1. The van der Waals surface area contributed by atoms with Crippen molar-refractivity contribution in [2.24, 2.45) is 0 Å². The molecule has 0 unspecified atom stereocenters. The summed E-state index contributed by atoms with van der Waals surface area (Å²) in [6.07, 6.45) is 4.46. The Kier molecular flexibility index (Phi) is 7.58. The molecule has 1 saturated heterocycles. The summed E-state index contributed by atoms with van der Waals surface area (Å²) in [5.41, 5.74) is 0.760. The first kappa shape index (κ1) is 19.6. The minimum atomic E-state index is -0.312. The van der Waals surface area contributed by atoms with Crippen LogP contribution in [-0.2, 0) is 14.3 Å². The van der Waals surface area contributed by atoms with Gasteiger partial charge in [-0.2, -0.15) is 0 Å². The normalized spacial score (nSPS) is 15.9. The molecule has 1 aliphatic heterocycles. The predicted octanol–water partition coefficient (Wildman–Crippen LogP) is 4.15. The van der Waals surface area contributed by atoms with Crippen LogP contribution in [-0.4, -0.2) is 34.2 Å². The van der Waals surface area contributed by atoms with Gasteiger partial charge < -0.3 is 4.74 Å². The van der Waals surface area contributed by atoms with Crippen LogP contribution in [0, 0.1) is 5.82 Å². The van der Waals surface area contributed by atoms with Crippen LogP contribution < -0.4 is 0 Å². The molecule has 1 aliphatic rings. The van der Waals surface area contributed by atoms with Gasteiger partial charge in [0.1, 0.15) is 10.1 Å².